The van der Waals surface area contributed by atoms with E-state index in [2.05, 4.69) is 106 Å². The third-order valence-electron chi connectivity index (χ3n) is 15.1. The van der Waals surface area contributed by atoms with Gasteiger partial charge in [-0.2, -0.15) is 0 Å². The summed E-state index contributed by atoms with van der Waals surface area (Å²) in [6.45, 7) is 6.53. The molecular weight excluding hydrogens is 985 g/mol. The topological polar surface area (TPSA) is 78.9 Å². The van der Waals surface area contributed by atoms with E-state index in [0.29, 0.717) is 19.3 Å². The summed E-state index contributed by atoms with van der Waals surface area (Å²) in [6, 6.07) is 0. The Morgan fingerprint density at radius 1 is 0.263 bits per heavy atom. The molecule has 1 unspecified atom stereocenters. The number of unbranched alkanes of at least 4 members (excludes halogenated alkanes) is 38. The van der Waals surface area contributed by atoms with Crippen LogP contribution in [-0.4, -0.2) is 37.2 Å². The maximum atomic E-state index is 12.9. The minimum absolute atomic E-state index is 0.0767. The number of ether oxygens (including phenoxy) is 3. The van der Waals surface area contributed by atoms with Gasteiger partial charge in [-0.05, 0) is 96.3 Å². The number of hydrogen-bond donors (Lipinski definition) is 0. The molecule has 0 aromatic heterocycles. The van der Waals surface area contributed by atoms with E-state index < -0.39 is 6.10 Å². The van der Waals surface area contributed by atoms with Crippen molar-refractivity contribution in [2.45, 2.75) is 354 Å². The summed E-state index contributed by atoms with van der Waals surface area (Å²) in [6.07, 6.45) is 90.4. The minimum atomic E-state index is -0.781. The molecule has 0 aliphatic heterocycles. The monoisotopic (exact) mass is 1110 g/mol. The molecular formula is C74H130O6. The Balaban J connectivity index is 4.19. The van der Waals surface area contributed by atoms with Gasteiger partial charge in [0.2, 0.25) is 0 Å². The zero-order valence-electron chi connectivity index (χ0n) is 53.1. The second-order valence-corrected chi connectivity index (χ2v) is 23.1. The maximum absolute atomic E-state index is 12.9. The number of allylic oxidation sites excluding steroid dienone is 14. The van der Waals surface area contributed by atoms with Crippen molar-refractivity contribution in [1.29, 1.82) is 0 Å². The third-order valence-corrected chi connectivity index (χ3v) is 15.1. The summed E-state index contributed by atoms with van der Waals surface area (Å²) >= 11 is 0. The van der Waals surface area contributed by atoms with Gasteiger partial charge in [0, 0.05) is 19.3 Å². The van der Waals surface area contributed by atoms with Gasteiger partial charge in [-0.1, -0.05) is 318 Å². The third kappa shape index (κ3) is 65.4. The van der Waals surface area contributed by atoms with Crippen LogP contribution in [0.4, 0.5) is 0 Å². The van der Waals surface area contributed by atoms with E-state index in [0.717, 1.165) is 109 Å². The van der Waals surface area contributed by atoms with Gasteiger partial charge in [0.05, 0.1) is 0 Å². The van der Waals surface area contributed by atoms with Gasteiger partial charge in [0.15, 0.2) is 6.10 Å². The van der Waals surface area contributed by atoms with Gasteiger partial charge in [-0.25, -0.2) is 0 Å². The molecule has 0 spiro atoms. The van der Waals surface area contributed by atoms with Crippen LogP contribution in [0.15, 0.2) is 85.1 Å². The summed E-state index contributed by atoms with van der Waals surface area (Å²) in [5, 5.41) is 0. The number of esters is 3. The van der Waals surface area contributed by atoms with Crippen LogP contribution in [0.2, 0.25) is 0 Å². The largest absolute Gasteiger partial charge is 0.462 e. The fraction of sp³-hybridized carbons (Fsp3) is 0.770. The van der Waals surface area contributed by atoms with Crippen LogP contribution >= 0.6 is 0 Å². The lowest BCUT2D eigenvalue weighted by molar-refractivity contribution is -0.167. The van der Waals surface area contributed by atoms with Crippen molar-refractivity contribution >= 4 is 17.9 Å². The van der Waals surface area contributed by atoms with Crippen molar-refractivity contribution in [3.8, 4) is 0 Å². The number of carbonyl (C=O) groups excluding carboxylic acids is 3. The molecule has 0 radical (unpaired) electrons. The zero-order valence-corrected chi connectivity index (χ0v) is 53.1. The summed E-state index contributed by atoms with van der Waals surface area (Å²) < 4.78 is 16.9. The van der Waals surface area contributed by atoms with Crippen molar-refractivity contribution < 1.29 is 28.6 Å². The van der Waals surface area contributed by atoms with E-state index in [-0.39, 0.29) is 31.1 Å². The van der Waals surface area contributed by atoms with E-state index in [9.17, 15) is 14.4 Å². The quantitative estimate of drug-likeness (QED) is 0.0261. The fourth-order valence-electron chi connectivity index (χ4n) is 9.97. The van der Waals surface area contributed by atoms with Crippen molar-refractivity contribution in [3.05, 3.63) is 85.1 Å². The lowest BCUT2D eigenvalue weighted by Crippen LogP contribution is -2.30. The Bertz CT molecular complexity index is 1520. The summed E-state index contributed by atoms with van der Waals surface area (Å²) in [7, 11) is 0. The lowest BCUT2D eigenvalue weighted by Gasteiger charge is -2.18. The summed E-state index contributed by atoms with van der Waals surface area (Å²) in [5.41, 5.74) is 0. The van der Waals surface area contributed by atoms with Gasteiger partial charge >= 0.3 is 17.9 Å². The molecule has 0 fully saturated rings. The first kappa shape index (κ1) is 76.6. The first-order valence-electron chi connectivity index (χ1n) is 34.6. The Kier molecular flexibility index (Phi) is 65.2. The molecule has 1 atom stereocenters. The molecule has 462 valence electrons. The van der Waals surface area contributed by atoms with E-state index in [1.165, 1.54) is 199 Å². The molecule has 0 rings (SSSR count). The first-order chi connectivity index (χ1) is 39.5. The highest BCUT2D eigenvalue weighted by Gasteiger charge is 2.19. The molecule has 6 nitrogen and oxygen atoms in total. The van der Waals surface area contributed by atoms with Gasteiger partial charge in [0.1, 0.15) is 13.2 Å². The molecule has 0 amide bonds. The highest BCUT2D eigenvalue weighted by atomic mass is 16.6. The molecule has 0 saturated carbocycles. The van der Waals surface area contributed by atoms with Crippen LogP contribution in [0.25, 0.3) is 0 Å². The molecule has 0 aromatic carbocycles. The summed E-state index contributed by atoms with van der Waals surface area (Å²) in [5.74, 6) is -0.871. The molecule has 0 bridgehead atoms. The summed E-state index contributed by atoms with van der Waals surface area (Å²) in [4.78, 5) is 38.4. The second kappa shape index (κ2) is 68.1. The molecule has 0 aliphatic carbocycles. The predicted octanol–water partition coefficient (Wildman–Crippen LogP) is 23.8. The Labute approximate surface area is 496 Å². The molecule has 0 saturated heterocycles. The minimum Gasteiger partial charge on any atom is -0.462 e. The predicted molar refractivity (Wildman–Crippen MR) is 348 cm³/mol. The van der Waals surface area contributed by atoms with Gasteiger partial charge in [-0.15, -0.1) is 0 Å². The molecule has 0 N–H and O–H groups in total. The number of rotatable bonds is 63. The van der Waals surface area contributed by atoms with Crippen LogP contribution in [0.3, 0.4) is 0 Å². The molecule has 0 heterocycles. The first-order valence-corrected chi connectivity index (χ1v) is 34.6. The van der Waals surface area contributed by atoms with E-state index in [1.807, 2.05) is 0 Å². The van der Waals surface area contributed by atoms with E-state index >= 15 is 0 Å². The van der Waals surface area contributed by atoms with Gasteiger partial charge in [-0.3, -0.25) is 14.4 Å². The van der Waals surface area contributed by atoms with E-state index in [1.54, 1.807) is 0 Å². The van der Waals surface area contributed by atoms with Crippen molar-refractivity contribution in [3.63, 3.8) is 0 Å². The van der Waals surface area contributed by atoms with Gasteiger partial charge in [0.25, 0.3) is 0 Å². The Hall–Kier alpha value is -3.41. The Morgan fingerprint density at radius 3 is 0.787 bits per heavy atom. The molecule has 0 aliphatic rings. The van der Waals surface area contributed by atoms with Crippen molar-refractivity contribution in [2.24, 2.45) is 0 Å². The molecule has 80 heavy (non-hydrogen) atoms. The lowest BCUT2D eigenvalue weighted by atomic mass is 10.0. The standard InChI is InChI=1S/C74H130O6/c1-4-7-10-13-16-19-22-25-27-29-31-32-33-34-35-36-37-38-39-40-41-42-44-45-47-49-52-55-58-61-64-67-73(76)79-70-71(69-78-72(75)66-63-60-57-54-51-24-21-18-15-12-9-6-3)80-74(77)68-65-62-59-56-53-50-48-46-43-30-28-26-23-20-17-14-11-8-5-2/h7,10,16-17,19-20,25-28,31-32,43,46,71H,4-6,8-9,11-15,18,21-24,29-30,33-42,44-45,47-70H2,1-3H3/b10-7-,19-16-,20-17-,27-25-,28-26-,32-31-,46-43-. The highest BCUT2D eigenvalue weighted by molar-refractivity contribution is 5.71. The number of carbonyl (C=O) groups is 3. The second-order valence-electron chi connectivity index (χ2n) is 23.1. The maximum Gasteiger partial charge on any atom is 0.306 e. The van der Waals surface area contributed by atoms with Crippen LogP contribution < -0.4 is 0 Å². The fourth-order valence-corrected chi connectivity index (χ4v) is 9.97. The smallest absolute Gasteiger partial charge is 0.306 e. The SMILES string of the molecule is CC/C=C\C/C=C\C/C=C\C/C=C\CCCCCCCCCCCCCCCCCCCCC(=O)OCC(COC(=O)CCCCCCCCCCCCCC)OC(=O)CCCCCCCC/C=C\C/C=C\C/C=C\CCCCC. The van der Waals surface area contributed by atoms with Crippen LogP contribution in [-0.2, 0) is 28.6 Å². The van der Waals surface area contributed by atoms with Crippen LogP contribution in [0.1, 0.15) is 348 Å². The average molecular weight is 1120 g/mol. The molecule has 6 heteroatoms. The Morgan fingerprint density at radius 2 is 0.487 bits per heavy atom. The van der Waals surface area contributed by atoms with Gasteiger partial charge < -0.3 is 14.2 Å². The average Bonchev–Trinajstić information content (AvgIpc) is 3.46. The van der Waals surface area contributed by atoms with Crippen molar-refractivity contribution in [1.82, 2.24) is 0 Å². The normalized spacial score (nSPS) is 12.6. The number of hydrogen-bond acceptors (Lipinski definition) is 6. The molecule has 0 aromatic rings. The van der Waals surface area contributed by atoms with Crippen LogP contribution in [0.5, 0.6) is 0 Å². The van der Waals surface area contributed by atoms with Crippen LogP contribution in [0, 0.1) is 0 Å². The highest BCUT2D eigenvalue weighted by Crippen LogP contribution is 2.17. The van der Waals surface area contributed by atoms with Crippen molar-refractivity contribution in [2.75, 3.05) is 13.2 Å². The zero-order chi connectivity index (χ0) is 57.8. The van der Waals surface area contributed by atoms with E-state index in [4.69, 9.17) is 14.2 Å².